The van der Waals surface area contributed by atoms with Gasteiger partial charge >= 0.3 is 11.9 Å². The molecule has 2 saturated heterocycles. The van der Waals surface area contributed by atoms with Crippen LogP contribution in [0.15, 0.2) is 18.2 Å². The first kappa shape index (κ1) is 18.9. The number of cyclic esters (lactones) is 2. The van der Waals surface area contributed by atoms with E-state index in [0.717, 1.165) is 19.3 Å². The predicted molar refractivity (Wildman–Crippen MR) is 105 cm³/mol. The van der Waals surface area contributed by atoms with Crippen molar-refractivity contribution in [3.05, 3.63) is 29.6 Å². The lowest BCUT2D eigenvalue weighted by molar-refractivity contribution is -0.255. The number of para-hydroxylation sites is 1. The second-order valence-corrected chi connectivity index (χ2v) is 10.9. The fourth-order valence-electron chi connectivity index (χ4n) is 7.07. The van der Waals surface area contributed by atoms with Gasteiger partial charge in [-0.05, 0) is 41.7 Å². The highest BCUT2D eigenvalue weighted by molar-refractivity contribution is 6.04. The average molecular weight is 401 g/mol. The lowest BCUT2D eigenvalue weighted by Gasteiger charge is -2.53. The van der Waals surface area contributed by atoms with Crippen molar-refractivity contribution < 1.29 is 23.5 Å². The van der Waals surface area contributed by atoms with Gasteiger partial charge in [0.2, 0.25) is 0 Å². The Kier molecular flexibility index (Phi) is 3.47. The molecule has 1 saturated carbocycles. The molecule has 3 aliphatic heterocycles. The summed E-state index contributed by atoms with van der Waals surface area (Å²) in [5.74, 6) is -2.68. The number of rotatable bonds is 0. The van der Waals surface area contributed by atoms with Crippen LogP contribution in [-0.4, -0.2) is 29.8 Å². The summed E-state index contributed by atoms with van der Waals surface area (Å²) in [5, 5.41) is 0. The van der Waals surface area contributed by atoms with Gasteiger partial charge in [0, 0.05) is 26.3 Å². The highest BCUT2D eigenvalue weighted by Crippen LogP contribution is 2.64. The van der Waals surface area contributed by atoms with E-state index in [1.165, 1.54) is 6.07 Å². The molecular formula is C23H28FNO4. The van der Waals surface area contributed by atoms with Crippen molar-refractivity contribution in [3.63, 3.8) is 0 Å². The van der Waals surface area contributed by atoms with Gasteiger partial charge in [-0.25, -0.2) is 4.39 Å². The molecule has 1 aliphatic carbocycles. The average Bonchev–Trinajstić information content (AvgIpc) is 2.78. The molecule has 1 aromatic rings. The van der Waals surface area contributed by atoms with E-state index in [1.807, 2.05) is 11.0 Å². The minimum atomic E-state index is -1.47. The van der Waals surface area contributed by atoms with Crippen LogP contribution in [0.1, 0.15) is 59.4 Å². The second kappa shape index (κ2) is 5.32. The quantitative estimate of drug-likeness (QED) is 0.486. The normalized spacial score (nSPS) is 35.6. The number of anilines is 1. The van der Waals surface area contributed by atoms with Gasteiger partial charge in [0.25, 0.3) is 5.79 Å². The number of esters is 2. The maximum absolute atomic E-state index is 15.1. The third kappa shape index (κ3) is 2.37. The van der Waals surface area contributed by atoms with E-state index in [1.54, 1.807) is 19.9 Å². The summed E-state index contributed by atoms with van der Waals surface area (Å²) < 4.78 is 26.4. The van der Waals surface area contributed by atoms with Crippen molar-refractivity contribution in [2.24, 2.45) is 16.2 Å². The summed E-state index contributed by atoms with van der Waals surface area (Å²) in [6.07, 6.45) is 2.67. The van der Waals surface area contributed by atoms with E-state index in [4.69, 9.17) is 9.47 Å². The number of ether oxygens (including phenoxy) is 2. The summed E-state index contributed by atoms with van der Waals surface area (Å²) >= 11 is 0. The van der Waals surface area contributed by atoms with Gasteiger partial charge in [0.15, 0.2) is 5.41 Å². The van der Waals surface area contributed by atoms with Crippen LogP contribution in [0.3, 0.4) is 0 Å². The monoisotopic (exact) mass is 401 g/mol. The van der Waals surface area contributed by atoms with E-state index in [2.05, 4.69) is 20.8 Å². The Morgan fingerprint density at radius 2 is 1.69 bits per heavy atom. The largest absolute Gasteiger partial charge is 0.422 e. The summed E-state index contributed by atoms with van der Waals surface area (Å²) in [4.78, 5) is 29.0. The molecule has 4 aliphatic rings. The Balaban J connectivity index is 1.77. The van der Waals surface area contributed by atoms with Gasteiger partial charge in [-0.15, -0.1) is 0 Å². The minimum absolute atomic E-state index is 0.0311. The second-order valence-electron chi connectivity index (χ2n) is 10.9. The lowest BCUT2D eigenvalue weighted by Crippen LogP contribution is -2.67. The molecule has 5 nitrogen and oxygen atoms in total. The number of hydrogen-bond acceptors (Lipinski definition) is 5. The molecule has 1 spiro atoms. The fourth-order valence-corrected chi connectivity index (χ4v) is 7.07. The molecule has 0 amide bonds. The number of carbonyl (C=O) groups excluding carboxylic acids is 2. The van der Waals surface area contributed by atoms with Gasteiger partial charge < -0.3 is 14.4 Å². The molecule has 156 valence electrons. The molecule has 0 unspecified atom stereocenters. The van der Waals surface area contributed by atoms with E-state index in [-0.39, 0.29) is 29.1 Å². The highest BCUT2D eigenvalue weighted by atomic mass is 19.1. The van der Waals surface area contributed by atoms with E-state index >= 15 is 4.39 Å². The molecule has 6 heteroatoms. The third-order valence-corrected chi connectivity index (χ3v) is 7.37. The fraction of sp³-hybridized carbons (Fsp3) is 0.652. The van der Waals surface area contributed by atoms with Crippen LogP contribution in [0.5, 0.6) is 0 Å². The molecular weight excluding hydrogens is 373 g/mol. The van der Waals surface area contributed by atoms with Gasteiger partial charge in [0.05, 0.1) is 11.7 Å². The zero-order chi connectivity index (χ0) is 21.0. The lowest BCUT2D eigenvalue weighted by atomic mass is 9.57. The van der Waals surface area contributed by atoms with Crippen LogP contribution < -0.4 is 4.90 Å². The summed E-state index contributed by atoms with van der Waals surface area (Å²) in [6, 6.07) is 4.50. The van der Waals surface area contributed by atoms with Gasteiger partial charge in [-0.3, -0.25) is 9.59 Å². The molecule has 0 radical (unpaired) electrons. The minimum Gasteiger partial charge on any atom is -0.422 e. The van der Waals surface area contributed by atoms with Crippen LogP contribution in [0.4, 0.5) is 10.1 Å². The van der Waals surface area contributed by atoms with Gasteiger partial charge in [-0.2, -0.15) is 0 Å². The number of carbonyl (C=O) groups is 2. The van der Waals surface area contributed by atoms with Crippen molar-refractivity contribution in [3.8, 4) is 0 Å². The molecule has 3 fully saturated rings. The zero-order valence-electron chi connectivity index (χ0n) is 17.7. The van der Waals surface area contributed by atoms with Crippen LogP contribution in [0.25, 0.3) is 0 Å². The summed E-state index contributed by atoms with van der Waals surface area (Å²) in [5.41, 5.74) is -0.556. The molecule has 0 N–H and O–H groups in total. The van der Waals surface area contributed by atoms with Crippen molar-refractivity contribution >= 4 is 17.6 Å². The van der Waals surface area contributed by atoms with Crippen molar-refractivity contribution in [1.82, 2.24) is 0 Å². The van der Waals surface area contributed by atoms with Gasteiger partial charge in [-0.1, -0.05) is 32.9 Å². The van der Waals surface area contributed by atoms with E-state index in [0.29, 0.717) is 11.3 Å². The Bertz CT molecular complexity index is 919. The van der Waals surface area contributed by atoms with Crippen LogP contribution in [0, 0.1) is 22.1 Å². The molecule has 5 rings (SSSR count). The number of halogens is 1. The Morgan fingerprint density at radius 1 is 1.03 bits per heavy atom. The summed E-state index contributed by atoms with van der Waals surface area (Å²) in [6.45, 7) is 9.71. The smallest absolute Gasteiger partial charge is 0.329 e. The molecule has 1 aromatic carbocycles. The number of hydrogen-bond donors (Lipinski definition) is 0. The van der Waals surface area contributed by atoms with Crippen molar-refractivity contribution in [2.45, 2.75) is 78.2 Å². The Hall–Kier alpha value is -2.11. The maximum atomic E-state index is 15.1. The number of benzene rings is 1. The SMILES string of the molecule is CC1(C)C[C@@H]2C[C@@](C)(C1)[C@H]1N2c2c(F)cccc2CC12C(=O)OC(C)(C)OC2=O. The van der Waals surface area contributed by atoms with Crippen molar-refractivity contribution in [2.75, 3.05) is 4.90 Å². The topological polar surface area (TPSA) is 55.8 Å². The van der Waals surface area contributed by atoms with E-state index < -0.39 is 29.2 Å². The standard InChI is InChI=1S/C23H28FNO4/c1-20(2)10-14-11-22(5,12-20)17-23(18(26)28-21(3,4)29-19(23)27)9-13-7-6-8-15(24)16(13)25(14)17/h6-8,14,17H,9-12H2,1-5H3/t14-,17-,22+/m1/s1. The van der Waals surface area contributed by atoms with Crippen molar-refractivity contribution in [1.29, 1.82) is 0 Å². The van der Waals surface area contributed by atoms with Crippen LogP contribution in [0.2, 0.25) is 0 Å². The van der Waals surface area contributed by atoms with Crippen LogP contribution >= 0.6 is 0 Å². The number of fused-ring (bicyclic) bond motifs is 8. The maximum Gasteiger partial charge on any atom is 0.329 e. The number of nitrogens with zero attached hydrogens (tertiary/aromatic N) is 1. The molecule has 29 heavy (non-hydrogen) atoms. The summed E-state index contributed by atoms with van der Waals surface area (Å²) in [7, 11) is 0. The first-order valence-corrected chi connectivity index (χ1v) is 10.4. The highest BCUT2D eigenvalue weighted by Gasteiger charge is 2.72. The molecule has 2 bridgehead atoms. The first-order chi connectivity index (χ1) is 13.4. The Labute approximate surface area is 170 Å². The van der Waals surface area contributed by atoms with E-state index in [9.17, 15) is 9.59 Å². The zero-order valence-corrected chi connectivity index (χ0v) is 17.7. The molecule has 0 aromatic heterocycles. The predicted octanol–water partition coefficient (Wildman–Crippen LogP) is 3.98. The molecule has 3 atom stereocenters. The molecule has 3 heterocycles. The first-order valence-electron chi connectivity index (χ1n) is 10.4. The Morgan fingerprint density at radius 3 is 2.34 bits per heavy atom. The third-order valence-electron chi connectivity index (χ3n) is 7.37. The van der Waals surface area contributed by atoms with Gasteiger partial charge in [0.1, 0.15) is 5.82 Å². The van der Waals surface area contributed by atoms with Crippen LogP contribution in [-0.2, 0) is 25.5 Å².